The molecule has 0 spiro atoms. The van der Waals surface area contributed by atoms with Crippen LogP contribution < -0.4 is 0 Å². The molecule has 19 heavy (non-hydrogen) atoms. The van der Waals surface area contributed by atoms with Gasteiger partial charge in [-0.25, -0.2) is 4.39 Å². The normalized spacial score (nSPS) is 12.4. The van der Waals surface area contributed by atoms with Crippen LogP contribution >= 0.6 is 11.6 Å². The lowest BCUT2D eigenvalue weighted by molar-refractivity contribution is 0.175. The van der Waals surface area contributed by atoms with Crippen molar-refractivity contribution >= 4 is 11.6 Å². The number of halogens is 2. The zero-order chi connectivity index (χ0) is 13.8. The monoisotopic (exact) mass is 278 g/mol. The Labute approximate surface area is 117 Å². The van der Waals surface area contributed by atoms with Gasteiger partial charge in [-0.15, -0.1) is 0 Å². The van der Waals surface area contributed by atoms with Crippen molar-refractivity contribution in [3.8, 4) is 0 Å². The van der Waals surface area contributed by atoms with E-state index in [-0.39, 0.29) is 5.82 Å². The lowest BCUT2D eigenvalue weighted by Crippen LogP contribution is -2.14. The molecular formula is C16H16ClFO. The Hall–Kier alpha value is -1.38. The first-order chi connectivity index (χ1) is 9.04. The average molecular weight is 279 g/mol. The van der Waals surface area contributed by atoms with Crippen LogP contribution in [0.3, 0.4) is 0 Å². The minimum absolute atomic E-state index is 0.245. The zero-order valence-electron chi connectivity index (χ0n) is 10.7. The van der Waals surface area contributed by atoms with E-state index in [2.05, 4.69) is 0 Å². The first-order valence-electron chi connectivity index (χ1n) is 6.22. The molecule has 0 amide bonds. The van der Waals surface area contributed by atoms with Gasteiger partial charge in [0.25, 0.3) is 0 Å². The van der Waals surface area contributed by atoms with E-state index in [0.717, 1.165) is 16.7 Å². The molecule has 0 radical (unpaired) electrons. The summed E-state index contributed by atoms with van der Waals surface area (Å²) in [6.45, 7) is 1.85. The van der Waals surface area contributed by atoms with E-state index in [9.17, 15) is 9.50 Å². The molecule has 1 atom stereocenters. The second-order valence-electron chi connectivity index (χ2n) is 4.76. The van der Waals surface area contributed by atoms with E-state index in [1.807, 2.05) is 31.2 Å². The summed E-state index contributed by atoms with van der Waals surface area (Å²) in [5, 5.41) is 10.8. The van der Waals surface area contributed by atoms with Crippen molar-refractivity contribution in [2.45, 2.75) is 25.9 Å². The van der Waals surface area contributed by atoms with Crippen LogP contribution in [-0.2, 0) is 12.8 Å². The molecule has 0 aromatic heterocycles. The van der Waals surface area contributed by atoms with Crippen molar-refractivity contribution in [2.24, 2.45) is 0 Å². The van der Waals surface area contributed by atoms with E-state index in [0.29, 0.717) is 17.9 Å². The average Bonchev–Trinajstić information content (AvgIpc) is 2.33. The third-order valence-corrected chi connectivity index (χ3v) is 3.36. The minimum Gasteiger partial charge on any atom is -0.392 e. The Balaban J connectivity index is 2.03. The zero-order valence-corrected chi connectivity index (χ0v) is 11.5. The molecule has 1 N–H and O–H groups in total. The van der Waals surface area contributed by atoms with E-state index in [1.165, 1.54) is 12.1 Å². The van der Waals surface area contributed by atoms with E-state index >= 15 is 0 Å². The van der Waals surface area contributed by atoms with Crippen LogP contribution in [-0.4, -0.2) is 11.2 Å². The van der Waals surface area contributed by atoms with E-state index < -0.39 is 6.10 Å². The van der Waals surface area contributed by atoms with Gasteiger partial charge in [0.1, 0.15) is 5.82 Å². The number of aryl methyl sites for hydroxylation is 1. The van der Waals surface area contributed by atoms with Crippen molar-refractivity contribution < 1.29 is 9.50 Å². The number of hydrogen-bond donors (Lipinski definition) is 1. The van der Waals surface area contributed by atoms with Gasteiger partial charge in [-0.3, -0.25) is 0 Å². The van der Waals surface area contributed by atoms with Crippen LogP contribution in [0.5, 0.6) is 0 Å². The molecule has 0 saturated heterocycles. The Bertz CT molecular complexity index is 568. The molecule has 0 aliphatic carbocycles. The van der Waals surface area contributed by atoms with Crippen LogP contribution in [0.1, 0.15) is 16.7 Å². The fourth-order valence-electron chi connectivity index (χ4n) is 2.15. The highest BCUT2D eigenvalue weighted by molar-refractivity contribution is 6.30. The van der Waals surface area contributed by atoms with Gasteiger partial charge in [-0.2, -0.15) is 0 Å². The van der Waals surface area contributed by atoms with Crippen LogP contribution in [0, 0.1) is 12.7 Å². The highest BCUT2D eigenvalue weighted by Gasteiger charge is 2.09. The summed E-state index contributed by atoms with van der Waals surface area (Å²) in [5.74, 6) is -0.245. The van der Waals surface area contributed by atoms with Gasteiger partial charge in [-0.05, 0) is 60.7 Å². The van der Waals surface area contributed by atoms with Crippen molar-refractivity contribution in [3.05, 3.63) is 70.0 Å². The summed E-state index contributed by atoms with van der Waals surface area (Å²) in [6.07, 6.45) is 0.554. The molecule has 0 bridgehead atoms. The summed E-state index contributed by atoms with van der Waals surface area (Å²) in [6, 6.07) is 12.1. The molecule has 2 rings (SSSR count). The number of aliphatic hydroxyl groups excluding tert-OH is 1. The largest absolute Gasteiger partial charge is 0.392 e. The molecule has 0 aliphatic rings. The standard InChI is InChI=1S/C16H16ClFO/c1-11-7-15(18)6-5-13(11)10-16(19)9-12-3-2-4-14(17)8-12/h2-8,16,19H,9-10H2,1H3. The third-order valence-electron chi connectivity index (χ3n) is 3.12. The summed E-state index contributed by atoms with van der Waals surface area (Å²) >= 11 is 5.91. The molecule has 2 aromatic rings. The fraction of sp³-hybridized carbons (Fsp3) is 0.250. The SMILES string of the molecule is Cc1cc(F)ccc1CC(O)Cc1cccc(Cl)c1. The Morgan fingerprint density at radius 2 is 1.95 bits per heavy atom. The van der Waals surface area contributed by atoms with Crippen LogP contribution in [0.2, 0.25) is 5.02 Å². The number of rotatable bonds is 4. The van der Waals surface area contributed by atoms with Gasteiger partial charge >= 0.3 is 0 Å². The Morgan fingerprint density at radius 1 is 1.16 bits per heavy atom. The molecule has 1 nitrogen and oxygen atoms in total. The Morgan fingerprint density at radius 3 is 2.63 bits per heavy atom. The quantitative estimate of drug-likeness (QED) is 0.898. The van der Waals surface area contributed by atoms with Gasteiger partial charge in [-0.1, -0.05) is 29.8 Å². The first kappa shape index (κ1) is 14.0. The molecule has 0 heterocycles. The number of hydrogen-bond acceptors (Lipinski definition) is 1. The van der Waals surface area contributed by atoms with Gasteiger partial charge in [0.15, 0.2) is 0 Å². The first-order valence-corrected chi connectivity index (χ1v) is 6.60. The molecular weight excluding hydrogens is 263 g/mol. The lowest BCUT2D eigenvalue weighted by Gasteiger charge is -2.13. The second kappa shape index (κ2) is 6.18. The highest BCUT2D eigenvalue weighted by Crippen LogP contribution is 2.16. The smallest absolute Gasteiger partial charge is 0.123 e. The Kier molecular flexibility index (Phi) is 4.56. The van der Waals surface area contributed by atoms with Gasteiger partial charge < -0.3 is 5.11 Å². The molecule has 3 heteroatoms. The third kappa shape index (κ3) is 4.05. The van der Waals surface area contributed by atoms with Crippen LogP contribution in [0.25, 0.3) is 0 Å². The molecule has 2 aromatic carbocycles. The minimum atomic E-state index is -0.498. The number of benzene rings is 2. The maximum atomic E-state index is 13.0. The second-order valence-corrected chi connectivity index (χ2v) is 5.20. The predicted octanol–water partition coefficient (Wildman–Crippen LogP) is 3.93. The fourth-order valence-corrected chi connectivity index (χ4v) is 2.36. The lowest BCUT2D eigenvalue weighted by atomic mass is 9.98. The molecule has 0 fully saturated rings. The summed E-state index contributed by atoms with van der Waals surface area (Å²) in [7, 11) is 0. The maximum Gasteiger partial charge on any atom is 0.123 e. The van der Waals surface area contributed by atoms with Crippen molar-refractivity contribution in [1.82, 2.24) is 0 Å². The van der Waals surface area contributed by atoms with Gasteiger partial charge in [0.05, 0.1) is 6.10 Å². The highest BCUT2D eigenvalue weighted by atomic mass is 35.5. The van der Waals surface area contributed by atoms with Crippen LogP contribution in [0.15, 0.2) is 42.5 Å². The maximum absolute atomic E-state index is 13.0. The van der Waals surface area contributed by atoms with Crippen molar-refractivity contribution in [1.29, 1.82) is 0 Å². The van der Waals surface area contributed by atoms with Crippen molar-refractivity contribution in [3.63, 3.8) is 0 Å². The van der Waals surface area contributed by atoms with Gasteiger partial charge in [0, 0.05) is 5.02 Å². The molecule has 0 saturated carbocycles. The molecule has 1 unspecified atom stereocenters. The van der Waals surface area contributed by atoms with Gasteiger partial charge in [0.2, 0.25) is 0 Å². The van der Waals surface area contributed by atoms with Crippen molar-refractivity contribution in [2.75, 3.05) is 0 Å². The topological polar surface area (TPSA) is 20.2 Å². The van der Waals surface area contributed by atoms with E-state index in [1.54, 1.807) is 6.07 Å². The van der Waals surface area contributed by atoms with E-state index in [4.69, 9.17) is 11.6 Å². The predicted molar refractivity (Wildman–Crippen MR) is 76.0 cm³/mol. The summed E-state index contributed by atoms with van der Waals surface area (Å²) in [5.41, 5.74) is 2.83. The van der Waals surface area contributed by atoms with Crippen LogP contribution in [0.4, 0.5) is 4.39 Å². The molecule has 0 aliphatic heterocycles. The number of aliphatic hydroxyl groups is 1. The summed E-state index contributed by atoms with van der Waals surface area (Å²) < 4.78 is 13.0. The molecule has 100 valence electrons. The summed E-state index contributed by atoms with van der Waals surface area (Å²) in [4.78, 5) is 0.